The van der Waals surface area contributed by atoms with Crippen molar-refractivity contribution in [3.05, 3.63) is 255 Å². The Kier molecular flexibility index (Phi) is 9.11. The fraction of sp³-hybridized carbons (Fsp3) is 0. The first kappa shape index (κ1) is 39.4. The second-order valence-corrected chi connectivity index (χ2v) is 19.1. The highest BCUT2D eigenvalue weighted by Gasteiger charge is 2.21. The molecule has 0 fully saturated rings. The van der Waals surface area contributed by atoms with E-state index >= 15 is 0 Å². The van der Waals surface area contributed by atoms with Gasteiger partial charge in [0, 0.05) is 53.0 Å². The Morgan fingerprint density at radius 2 is 0.797 bits per heavy atom. The van der Waals surface area contributed by atoms with E-state index in [1.54, 1.807) is 0 Å². The molecule has 11 aromatic carbocycles. The Balaban J connectivity index is 0.976. The molecule has 3 heteroatoms. The first-order valence-corrected chi connectivity index (χ1v) is 24.5. The summed E-state index contributed by atoms with van der Waals surface area (Å²) in [7, 11) is 0. The van der Waals surface area contributed by atoms with E-state index in [2.05, 4.69) is 264 Å². The van der Waals surface area contributed by atoms with Crippen molar-refractivity contribution in [2.24, 2.45) is 0 Å². The molecule has 0 saturated heterocycles. The molecule has 0 aliphatic heterocycles. The molecule has 0 aliphatic rings. The van der Waals surface area contributed by atoms with E-state index in [1.807, 2.05) is 11.3 Å². The second-order valence-electron chi connectivity index (χ2n) is 18.0. The summed E-state index contributed by atoms with van der Waals surface area (Å²) in [6.07, 6.45) is 0. The number of hydrogen-bond donors (Lipinski definition) is 0. The molecule has 14 aromatic rings. The van der Waals surface area contributed by atoms with Gasteiger partial charge in [-0.2, -0.15) is 0 Å². The quantitative estimate of drug-likeness (QED) is 0.151. The molecule has 0 aliphatic carbocycles. The average Bonchev–Trinajstić information content (AvgIpc) is 4.09. The van der Waals surface area contributed by atoms with Gasteiger partial charge in [-0.3, -0.25) is 0 Å². The Bertz CT molecular complexity index is 4300. The summed E-state index contributed by atoms with van der Waals surface area (Å²) in [4.78, 5) is 0. The first-order valence-electron chi connectivity index (χ1n) is 23.7. The fourth-order valence-corrected chi connectivity index (χ4v) is 12.2. The van der Waals surface area contributed by atoms with Crippen LogP contribution >= 0.6 is 11.3 Å². The summed E-state index contributed by atoms with van der Waals surface area (Å²) < 4.78 is 7.56. The molecule has 0 radical (unpaired) electrons. The minimum Gasteiger partial charge on any atom is -0.309 e. The standard InChI is InChI=1S/C66H42N2S/c1-3-17-43(18-4-1)45-21-13-22-48(39-45)52-28-16-33-63-65(52)58-42-47(36-38-62(58)67(63)50-24-14-23-49(40-50)53-29-15-30-56-55-27-9-12-34-64(55)69-66(53)56)46-35-37-61-57(41-46)54-26-8-11-32-60(54)68(61)59-31-10-7-25-51(59)44-19-5-2-6-20-44/h1-42H. The largest absolute Gasteiger partial charge is 0.309 e. The van der Waals surface area contributed by atoms with Crippen LogP contribution in [0.25, 0.3) is 131 Å². The van der Waals surface area contributed by atoms with Gasteiger partial charge in [-0.15, -0.1) is 11.3 Å². The zero-order valence-corrected chi connectivity index (χ0v) is 38.4. The molecule has 322 valence electrons. The molecular weight excluding hydrogens is 853 g/mol. The monoisotopic (exact) mass is 894 g/mol. The van der Waals surface area contributed by atoms with Crippen molar-refractivity contribution in [1.29, 1.82) is 0 Å². The molecule has 3 heterocycles. The number of aromatic nitrogens is 2. The van der Waals surface area contributed by atoms with Crippen molar-refractivity contribution < 1.29 is 0 Å². The van der Waals surface area contributed by atoms with E-state index in [-0.39, 0.29) is 0 Å². The van der Waals surface area contributed by atoms with Crippen LogP contribution in [-0.4, -0.2) is 9.13 Å². The van der Waals surface area contributed by atoms with Crippen LogP contribution in [0.1, 0.15) is 0 Å². The molecule has 0 unspecified atom stereocenters. The molecular formula is C66H42N2S. The minimum atomic E-state index is 1.14. The maximum absolute atomic E-state index is 2.48. The van der Waals surface area contributed by atoms with E-state index < -0.39 is 0 Å². The molecule has 3 aromatic heterocycles. The van der Waals surface area contributed by atoms with Crippen LogP contribution < -0.4 is 0 Å². The molecule has 0 saturated carbocycles. The highest BCUT2D eigenvalue weighted by Crippen LogP contribution is 2.45. The maximum Gasteiger partial charge on any atom is 0.0547 e. The smallest absolute Gasteiger partial charge is 0.0547 e. The van der Waals surface area contributed by atoms with Crippen molar-refractivity contribution in [1.82, 2.24) is 9.13 Å². The van der Waals surface area contributed by atoms with E-state index in [0.717, 1.165) is 5.69 Å². The molecule has 0 atom stereocenters. The van der Waals surface area contributed by atoms with Gasteiger partial charge in [-0.25, -0.2) is 0 Å². The minimum absolute atomic E-state index is 1.14. The zero-order chi connectivity index (χ0) is 45.4. The third-order valence-corrected chi connectivity index (χ3v) is 15.3. The van der Waals surface area contributed by atoms with Crippen LogP contribution in [0, 0.1) is 0 Å². The van der Waals surface area contributed by atoms with Crippen molar-refractivity contribution in [3.63, 3.8) is 0 Å². The van der Waals surface area contributed by atoms with E-state index in [9.17, 15) is 0 Å². The predicted molar refractivity (Wildman–Crippen MR) is 295 cm³/mol. The van der Waals surface area contributed by atoms with Gasteiger partial charge < -0.3 is 9.13 Å². The number of nitrogens with zero attached hydrogens (tertiary/aromatic N) is 2. The molecule has 0 N–H and O–H groups in total. The average molecular weight is 895 g/mol. The van der Waals surface area contributed by atoms with Crippen LogP contribution in [0.2, 0.25) is 0 Å². The molecule has 2 nitrogen and oxygen atoms in total. The Hall–Kier alpha value is -8.76. The van der Waals surface area contributed by atoms with Gasteiger partial charge in [0.05, 0.1) is 27.8 Å². The van der Waals surface area contributed by atoms with Crippen LogP contribution in [0.5, 0.6) is 0 Å². The first-order chi connectivity index (χ1) is 34.2. The van der Waals surface area contributed by atoms with Crippen LogP contribution in [0.15, 0.2) is 255 Å². The van der Waals surface area contributed by atoms with Crippen LogP contribution in [0.4, 0.5) is 0 Å². The second kappa shape index (κ2) is 16.0. The number of fused-ring (bicyclic) bond motifs is 9. The molecule has 0 bridgehead atoms. The summed E-state index contributed by atoms with van der Waals surface area (Å²) >= 11 is 1.88. The Labute approximate surface area is 403 Å². The van der Waals surface area contributed by atoms with Gasteiger partial charge in [0.25, 0.3) is 0 Å². The molecule has 0 amide bonds. The van der Waals surface area contributed by atoms with Crippen molar-refractivity contribution in [2.45, 2.75) is 0 Å². The Morgan fingerprint density at radius 3 is 1.64 bits per heavy atom. The normalized spacial score (nSPS) is 11.8. The van der Waals surface area contributed by atoms with E-state index in [4.69, 9.17) is 0 Å². The van der Waals surface area contributed by atoms with Crippen molar-refractivity contribution in [3.8, 4) is 67.0 Å². The summed E-state index contributed by atoms with van der Waals surface area (Å²) in [5.74, 6) is 0. The molecule has 14 rings (SSSR count). The lowest BCUT2D eigenvalue weighted by Gasteiger charge is -2.14. The van der Waals surface area contributed by atoms with Crippen LogP contribution in [-0.2, 0) is 0 Å². The van der Waals surface area contributed by atoms with Crippen molar-refractivity contribution >= 4 is 75.1 Å². The summed E-state index contributed by atoms with van der Waals surface area (Å²) in [6.45, 7) is 0. The SMILES string of the molecule is c1ccc(-c2cccc(-c3cccc4c3c3cc(-c5ccc6c(c5)c5ccccc5n6-c5ccccc5-c5ccccc5)ccc3n4-c3cccc(-c4cccc5c4sc4ccccc45)c3)c2)cc1. The molecule has 0 spiro atoms. The highest BCUT2D eigenvalue weighted by atomic mass is 32.1. The highest BCUT2D eigenvalue weighted by molar-refractivity contribution is 7.26. The van der Waals surface area contributed by atoms with E-state index in [0.29, 0.717) is 0 Å². The summed E-state index contributed by atoms with van der Waals surface area (Å²) in [5.41, 5.74) is 19.1. The third-order valence-electron chi connectivity index (χ3n) is 14.1. The van der Waals surface area contributed by atoms with Crippen LogP contribution in [0.3, 0.4) is 0 Å². The maximum atomic E-state index is 2.48. The van der Waals surface area contributed by atoms with Gasteiger partial charge in [-0.05, 0) is 117 Å². The topological polar surface area (TPSA) is 9.86 Å². The summed E-state index contributed by atoms with van der Waals surface area (Å²) in [5, 5.41) is 7.56. The van der Waals surface area contributed by atoms with Gasteiger partial charge >= 0.3 is 0 Å². The van der Waals surface area contributed by atoms with Gasteiger partial charge in [-0.1, -0.05) is 188 Å². The van der Waals surface area contributed by atoms with Gasteiger partial charge in [0.2, 0.25) is 0 Å². The lowest BCUT2D eigenvalue weighted by molar-refractivity contribution is 1.18. The number of hydrogen-bond acceptors (Lipinski definition) is 1. The number of para-hydroxylation sites is 2. The van der Waals surface area contributed by atoms with Gasteiger partial charge in [0.1, 0.15) is 0 Å². The Morgan fingerprint density at radius 1 is 0.261 bits per heavy atom. The lowest BCUT2D eigenvalue weighted by atomic mass is 9.95. The van der Waals surface area contributed by atoms with Gasteiger partial charge in [0.15, 0.2) is 0 Å². The number of thiophene rings is 1. The lowest BCUT2D eigenvalue weighted by Crippen LogP contribution is -1.97. The predicted octanol–water partition coefficient (Wildman–Crippen LogP) is 18.6. The molecule has 69 heavy (non-hydrogen) atoms. The number of rotatable bonds is 7. The van der Waals surface area contributed by atoms with E-state index in [1.165, 1.54) is 125 Å². The third kappa shape index (κ3) is 6.39. The summed E-state index contributed by atoms with van der Waals surface area (Å²) in [6, 6.07) is 93.7. The van der Waals surface area contributed by atoms with Crippen molar-refractivity contribution in [2.75, 3.05) is 0 Å². The zero-order valence-electron chi connectivity index (χ0n) is 37.6. The number of benzene rings is 11. The fourth-order valence-electron chi connectivity index (χ4n) is 11.0.